The highest BCUT2D eigenvalue weighted by atomic mass is 32.2. The molecule has 2 heterocycles. The van der Waals surface area contributed by atoms with Gasteiger partial charge in [-0.1, -0.05) is 48.0 Å². The molecular formula is C28H35N3O3S2. The number of sulfonamides is 1. The molecule has 1 aromatic heterocycles. The Morgan fingerprint density at radius 3 is 2.28 bits per heavy atom. The maximum absolute atomic E-state index is 13.7. The average molecular weight is 526 g/mol. The fourth-order valence-electron chi connectivity index (χ4n) is 4.43. The molecule has 2 aromatic carbocycles. The van der Waals surface area contributed by atoms with E-state index in [-0.39, 0.29) is 17.3 Å². The number of nitrogens with zero attached hydrogens (tertiary/aromatic N) is 3. The van der Waals surface area contributed by atoms with Gasteiger partial charge >= 0.3 is 0 Å². The van der Waals surface area contributed by atoms with Gasteiger partial charge in [-0.2, -0.15) is 4.31 Å². The van der Waals surface area contributed by atoms with Crippen molar-refractivity contribution >= 4 is 27.3 Å². The van der Waals surface area contributed by atoms with Crippen molar-refractivity contribution in [3.63, 3.8) is 0 Å². The zero-order chi connectivity index (χ0) is 25.5. The quantitative estimate of drug-likeness (QED) is 0.365. The molecule has 1 aliphatic heterocycles. The Labute approximate surface area is 219 Å². The van der Waals surface area contributed by atoms with Crippen LogP contribution in [0.3, 0.4) is 0 Å². The summed E-state index contributed by atoms with van der Waals surface area (Å²) in [5, 5.41) is 2.03. The molecule has 1 saturated heterocycles. The molecule has 0 unspecified atom stereocenters. The summed E-state index contributed by atoms with van der Waals surface area (Å²) in [6.07, 6.45) is 2.27. The predicted octanol–water partition coefficient (Wildman–Crippen LogP) is 4.68. The number of hydrogen-bond donors (Lipinski definition) is 0. The van der Waals surface area contributed by atoms with E-state index in [2.05, 4.69) is 11.0 Å². The molecule has 0 N–H and O–H groups in total. The van der Waals surface area contributed by atoms with E-state index in [1.54, 1.807) is 40.5 Å². The van der Waals surface area contributed by atoms with Crippen LogP contribution in [0, 0.1) is 13.8 Å². The highest BCUT2D eigenvalue weighted by molar-refractivity contribution is 7.89. The first kappa shape index (κ1) is 26.5. The third-order valence-corrected chi connectivity index (χ3v) is 9.57. The lowest BCUT2D eigenvalue weighted by molar-refractivity contribution is -0.132. The lowest BCUT2D eigenvalue weighted by Crippen LogP contribution is -2.45. The van der Waals surface area contributed by atoms with Crippen LogP contribution >= 0.6 is 11.3 Å². The van der Waals surface area contributed by atoms with Crippen molar-refractivity contribution in [1.29, 1.82) is 0 Å². The number of rotatable bonds is 11. The molecule has 0 radical (unpaired) electrons. The third kappa shape index (κ3) is 6.82. The number of aryl methyl sites for hydroxylation is 2. The first-order valence-corrected chi connectivity index (χ1v) is 14.8. The van der Waals surface area contributed by atoms with Gasteiger partial charge in [0, 0.05) is 24.5 Å². The van der Waals surface area contributed by atoms with E-state index >= 15 is 0 Å². The van der Waals surface area contributed by atoms with Gasteiger partial charge in [-0.15, -0.1) is 11.3 Å². The van der Waals surface area contributed by atoms with Crippen molar-refractivity contribution in [2.45, 2.75) is 44.7 Å². The van der Waals surface area contributed by atoms with Gasteiger partial charge in [0.15, 0.2) is 0 Å². The molecule has 36 heavy (non-hydrogen) atoms. The van der Waals surface area contributed by atoms with Crippen LogP contribution < -0.4 is 0 Å². The number of thiophene rings is 1. The third-order valence-electron chi connectivity index (χ3n) is 6.71. The van der Waals surface area contributed by atoms with Crippen LogP contribution in [-0.4, -0.2) is 61.2 Å². The van der Waals surface area contributed by atoms with E-state index in [9.17, 15) is 13.2 Å². The number of hydrogen-bond acceptors (Lipinski definition) is 5. The first-order chi connectivity index (χ1) is 17.3. The molecule has 4 rings (SSSR count). The van der Waals surface area contributed by atoms with Gasteiger partial charge in [-0.25, -0.2) is 8.42 Å². The Morgan fingerprint density at radius 1 is 0.944 bits per heavy atom. The minimum atomic E-state index is -3.82. The highest BCUT2D eigenvalue weighted by Gasteiger charge is 2.29. The standard InChI is InChI=1S/C28H35N3O3S2/c1-23-10-12-26(13-11-23)36(33,34)31(18-17-29-15-6-7-16-29)22-28(32)30(20-25-8-4-3-5-9-25)21-27-24(2)14-19-35-27/h3-5,8-14,19H,6-7,15-18,20-22H2,1-2H3. The van der Waals surface area contributed by atoms with Crippen molar-refractivity contribution in [3.8, 4) is 0 Å². The van der Waals surface area contributed by atoms with Crippen LogP contribution in [0.2, 0.25) is 0 Å². The smallest absolute Gasteiger partial charge is 0.243 e. The minimum Gasteiger partial charge on any atom is -0.332 e. The summed E-state index contributed by atoms with van der Waals surface area (Å²) < 4.78 is 28.7. The van der Waals surface area contributed by atoms with Crippen molar-refractivity contribution in [2.75, 3.05) is 32.7 Å². The van der Waals surface area contributed by atoms with Gasteiger partial charge in [0.05, 0.1) is 18.0 Å². The van der Waals surface area contributed by atoms with Crippen LogP contribution in [0.4, 0.5) is 0 Å². The molecule has 0 atom stereocenters. The molecule has 192 valence electrons. The zero-order valence-electron chi connectivity index (χ0n) is 21.1. The number of carbonyl (C=O) groups excluding carboxylic acids is 1. The second-order valence-electron chi connectivity index (χ2n) is 9.46. The van der Waals surface area contributed by atoms with Crippen molar-refractivity contribution < 1.29 is 13.2 Å². The fourth-order valence-corrected chi connectivity index (χ4v) is 6.73. The summed E-state index contributed by atoms with van der Waals surface area (Å²) >= 11 is 1.62. The topological polar surface area (TPSA) is 60.9 Å². The average Bonchev–Trinajstić information content (AvgIpc) is 3.54. The van der Waals surface area contributed by atoms with E-state index in [1.807, 2.05) is 49.6 Å². The molecule has 0 bridgehead atoms. The largest absolute Gasteiger partial charge is 0.332 e. The van der Waals surface area contributed by atoms with Crippen LogP contribution in [0.25, 0.3) is 0 Å². The summed E-state index contributed by atoms with van der Waals surface area (Å²) in [6, 6.07) is 18.8. The molecule has 1 amide bonds. The van der Waals surface area contributed by atoms with Crippen molar-refractivity contribution in [1.82, 2.24) is 14.1 Å². The van der Waals surface area contributed by atoms with Crippen molar-refractivity contribution in [2.24, 2.45) is 0 Å². The summed E-state index contributed by atoms with van der Waals surface area (Å²) in [5.74, 6) is -0.191. The van der Waals surface area contributed by atoms with Gasteiger partial charge in [-0.3, -0.25) is 4.79 Å². The molecule has 0 saturated carbocycles. The van der Waals surface area contributed by atoms with E-state index in [0.29, 0.717) is 26.2 Å². The number of carbonyl (C=O) groups is 1. The summed E-state index contributed by atoms with van der Waals surface area (Å²) in [7, 11) is -3.82. The molecule has 3 aromatic rings. The Hall–Kier alpha value is -2.52. The SMILES string of the molecule is Cc1ccc(S(=O)(=O)N(CCN2CCCC2)CC(=O)N(Cc2ccccc2)Cc2sccc2C)cc1. The molecule has 0 spiro atoms. The number of likely N-dealkylation sites (tertiary alicyclic amines) is 1. The fraction of sp³-hybridized carbons (Fsp3) is 0.393. The second kappa shape index (κ2) is 12.1. The van der Waals surface area contributed by atoms with Gasteiger partial charge < -0.3 is 9.80 Å². The molecule has 6 nitrogen and oxygen atoms in total. The molecule has 1 aliphatic rings. The summed E-state index contributed by atoms with van der Waals surface area (Å²) in [6.45, 7) is 7.56. The minimum absolute atomic E-state index is 0.179. The summed E-state index contributed by atoms with van der Waals surface area (Å²) in [4.78, 5) is 19.1. The van der Waals surface area contributed by atoms with E-state index < -0.39 is 10.0 Å². The zero-order valence-corrected chi connectivity index (χ0v) is 22.7. The van der Waals surface area contributed by atoms with Gasteiger partial charge in [0.25, 0.3) is 0 Å². The number of benzene rings is 2. The maximum atomic E-state index is 13.7. The Balaban J connectivity index is 1.58. The maximum Gasteiger partial charge on any atom is 0.243 e. The Morgan fingerprint density at radius 2 is 1.64 bits per heavy atom. The predicted molar refractivity (Wildman–Crippen MR) is 145 cm³/mol. The number of amides is 1. The van der Waals surface area contributed by atoms with Gasteiger partial charge in [0.1, 0.15) is 0 Å². The van der Waals surface area contributed by atoms with Gasteiger partial charge in [-0.05, 0) is 74.5 Å². The normalized spacial score (nSPS) is 14.4. The monoisotopic (exact) mass is 525 g/mol. The molecule has 0 aliphatic carbocycles. The van der Waals surface area contributed by atoms with Crippen LogP contribution in [-0.2, 0) is 27.9 Å². The van der Waals surface area contributed by atoms with Crippen LogP contribution in [0.5, 0.6) is 0 Å². The lowest BCUT2D eigenvalue weighted by atomic mass is 10.2. The van der Waals surface area contributed by atoms with E-state index in [0.717, 1.165) is 47.5 Å². The van der Waals surface area contributed by atoms with E-state index in [1.165, 1.54) is 4.31 Å². The lowest BCUT2D eigenvalue weighted by Gasteiger charge is -2.28. The Kier molecular flexibility index (Phi) is 8.95. The van der Waals surface area contributed by atoms with Crippen LogP contribution in [0.15, 0.2) is 70.9 Å². The van der Waals surface area contributed by atoms with Crippen LogP contribution in [0.1, 0.15) is 34.4 Å². The summed E-state index contributed by atoms with van der Waals surface area (Å²) in [5.41, 5.74) is 3.16. The molecule has 1 fully saturated rings. The highest BCUT2D eigenvalue weighted by Crippen LogP contribution is 2.22. The molecular weight excluding hydrogens is 490 g/mol. The first-order valence-electron chi connectivity index (χ1n) is 12.5. The Bertz CT molecular complexity index is 1230. The van der Waals surface area contributed by atoms with E-state index in [4.69, 9.17) is 0 Å². The van der Waals surface area contributed by atoms with Crippen molar-refractivity contribution in [3.05, 3.63) is 87.6 Å². The van der Waals surface area contributed by atoms with Gasteiger partial charge in [0.2, 0.25) is 15.9 Å². The molecule has 8 heteroatoms. The second-order valence-corrected chi connectivity index (χ2v) is 12.4.